The first-order valence-corrected chi connectivity index (χ1v) is 4.79. The number of ketones is 1. The highest BCUT2D eigenvalue weighted by molar-refractivity contribution is 6.35. The van der Waals surface area contributed by atoms with Gasteiger partial charge in [0.2, 0.25) is 0 Å². The number of carbonyl (C=O) groups excluding carboxylic acids is 2. The van der Waals surface area contributed by atoms with E-state index in [1.165, 1.54) is 0 Å². The summed E-state index contributed by atoms with van der Waals surface area (Å²) in [6, 6.07) is 0. The molecule has 1 unspecified atom stereocenters. The van der Waals surface area contributed by atoms with E-state index in [0.29, 0.717) is 0 Å². The molecule has 1 atom stereocenters. The summed E-state index contributed by atoms with van der Waals surface area (Å²) in [5, 5.41) is 11.1. The van der Waals surface area contributed by atoms with E-state index < -0.39 is 12.1 Å². The highest BCUT2D eigenvalue weighted by Crippen LogP contribution is 2.13. The Morgan fingerprint density at radius 2 is 2.27 bits per heavy atom. The van der Waals surface area contributed by atoms with Crippen molar-refractivity contribution in [3.8, 4) is 0 Å². The highest BCUT2D eigenvalue weighted by atomic mass is 16.9. The molecule has 0 aromatic rings. The standard InChI is InChI=1S/C9H13NO5/c1-3-7(11)8-5-6(10(13)15-8)9(12)14-4-2/h8H,3-5H2,1-2H3. The van der Waals surface area contributed by atoms with E-state index in [1.807, 2.05) is 0 Å². The van der Waals surface area contributed by atoms with Crippen LogP contribution in [0.4, 0.5) is 0 Å². The minimum absolute atomic E-state index is 0.00495. The van der Waals surface area contributed by atoms with Crippen LogP contribution >= 0.6 is 0 Å². The summed E-state index contributed by atoms with van der Waals surface area (Å²) in [7, 11) is 0. The first-order chi connectivity index (χ1) is 7.10. The monoisotopic (exact) mass is 215 g/mol. The van der Waals surface area contributed by atoms with Crippen LogP contribution in [-0.4, -0.2) is 35.1 Å². The van der Waals surface area contributed by atoms with Crippen LogP contribution in [0.15, 0.2) is 0 Å². The van der Waals surface area contributed by atoms with Gasteiger partial charge in [0.15, 0.2) is 5.78 Å². The van der Waals surface area contributed by atoms with E-state index in [0.717, 1.165) is 0 Å². The molecule has 84 valence electrons. The van der Waals surface area contributed by atoms with Crippen LogP contribution in [0.25, 0.3) is 0 Å². The van der Waals surface area contributed by atoms with Crippen molar-refractivity contribution in [1.29, 1.82) is 0 Å². The van der Waals surface area contributed by atoms with Crippen LogP contribution in [0.5, 0.6) is 0 Å². The number of nitrogens with zero attached hydrogens (tertiary/aromatic N) is 1. The molecule has 1 aliphatic rings. The van der Waals surface area contributed by atoms with Crippen molar-refractivity contribution >= 4 is 17.5 Å². The van der Waals surface area contributed by atoms with Gasteiger partial charge in [-0.3, -0.25) is 10.0 Å². The molecule has 0 saturated carbocycles. The Labute approximate surface area is 87.0 Å². The fourth-order valence-electron chi connectivity index (χ4n) is 1.24. The van der Waals surface area contributed by atoms with Gasteiger partial charge in [0.05, 0.1) is 13.0 Å². The molecule has 0 aromatic heterocycles. The molecule has 1 rings (SSSR count). The van der Waals surface area contributed by atoms with Crippen LogP contribution in [0, 0.1) is 5.21 Å². The average Bonchev–Trinajstić information content (AvgIpc) is 2.59. The summed E-state index contributed by atoms with van der Waals surface area (Å²) in [6.07, 6.45) is -0.573. The van der Waals surface area contributed by atoms with Crippen molar-refractivity contribution in [2.24, 2.45) is 0 Å². The van der Waals surface area contributed by atoms with Gasteiger partial charge < -0.3 is 9.57 Å². The third kappa shape index (κ3) is 2.45. The van der Waals surface area contributed by atoms with E-state index in [2.05, 4.69) is 9.57 Å². The van der Waals surface area contributed by atoms with Gasteiger partial charge in [-0.05, 0) is 6.92 Å². The van der Waals surface area contributed by atoms with Crippen molar-refractivity contribution in [2.45, 2.75) is 32.8 Å². The van der Waals surface area contributed by atoms with Crippen molar-refractivity contribution in [1.82, 2.24) is 0 Å². The second-order valence-corrected chi connectivity index (χ2v) is 3.04. The number of Topliss-reactive ketones (excluding diaryl/α,β-unsaturated/α-hetero) is 1. The first kappa shape index (κ1) is 11.5. The molecule has 0 spiro atoms. The Morgan fingerprint density at radius 3 is 2.80 bits per heavy atom. The van der Waals surface area contributed by atoms with Gasteiger partial charge in [0.1, 0.15) is 6.10 Å². The molecule has 0 saturated heterocycles. The maximum atomic E-state index is 11.2. The molecule has 0 radical (unpaired) electrons. The lowest BCUT2D eigenvalue weighted by atomic mass is 10.1. The van der Waals surface area contributed by atoms with Crippen LogP contribution in [0.2, 0.25) is 0 Å². The van der Waals surface area contributed by atoms with Crippen LogP contribution < -0.4 is 0 Å². The molecule has 0 bridgehead atoms. The Bertz CT molecular complexity index is 310. The van der Waals surface area contributed by atoms with Gasteiger partial charge in [-0.1, -0.05) is 6.92 Å². The normalized spacial score (nSPS) is 20.0. The van der Waals surface area contributed by atoms with E-state index in [1.54, 1.807) is 13.8 Å². The Kier molecular flexibility index (Phi) is 3.65. The molecule has 1 aliphatic heterocycles. The lowest BCUT2D eigenvalue weighted by Gasteiger charge is -2.07. The predicted molar refractivity (Wildman–Crippen MR) is 50.1 cm³/mol. The Balaban J connectivity index is 2.65. The maximum Gasteiger partial charge on any atom is 0.405 e. The molecule has 0 aliphatic carbocycles. The zero-order valence-electron chi connectivity index (χ0n) is 8.69. The summed E-state index contributed by atoms with van der Waals surface area (Å²) in [6.45, 7) is 3.49. The smallest absolute Gasteiger partial charge is 0.405 e. The van der Waals surface area contributed by atoms with Gasteiger partial charge in [-0.2, -0.15) is 0 Å². The van der Waals surface area contributed by atoms with Crippen molar-refractivity contribution < 1.29 is 24.1 Å². The lowest BCUT2D eigenvalue weighted by Crippen LogP contribution is -2.23. The zero-order valence-corrected chi connectivity index (χ0v) is 8.69. The number of rotatable bonds is 4. The number of hydrogen-bond acceptors (Lipinski definition) is 5. The number of hydrogen-bond donors (Lipinski definition) is 0. The van der Waals surface area contributed by atoms with Crippen molar-refractivity contribution in [3.05, 3.63) is 5.21 Å². The minimum Gasteiger partial charge on any atom is -0.458 e. The quantitative estimate of drug-likeness (QED) is 0.494. The third-order valence-corrected chi connectivity index (χ3v) is 2.04. The van der Waals surface area contributed by atoms with Gasteiger partial charge >= 0.3 is 11.7 Å². The van der Waals surface area contributed by atoms with E-state index in [4.69, 9.17) is 0 Å². The van der Waals surface area contributed by atoms with E-state index >= 15 is 0 Å². The summed E-state index contributed by atoms with van der Waals surface area (Å²) in [4.78, 5) is 27.2. The number of esters is 1. The summed E-state index contributed by atoms with van der Waals surface area (Å²) >= 11 is 0. The molecule has 0 amide bonds. The SMILES string of the molecule is CCOC(=O)C1=[N+]([O-])OC(C(=O)CC)C1. The predicted octanol–water partition coefficient (Wildman–Crippen LogP) is 0.184. The van der Waals surface area contributed by atoms with Gasteiger partial charge in [-0.15, -0.1) is 0 Å². The number of carbonyl (C=O) groups is 2. The zero-order chi connectivity index (χ0) is 11.4. The summed E-state index contributed by atoms with van der Waals surface area (Å²) in [5.74, 6) is -0.922. The fraction of sp³-hybridized carbons (Fsp3) is 0.667. The molecule has 15 heavy (non-hydrogen) atoms. The topological polar surface area (TPSA) is 78.7 Å². The lowest BCUT2D eigenvalue weighted by molar-refractivity contribution is -0.736. The van der Waals surface area contributed by atoms with E-state index in [-0.39, 0.29) is 35.8 Å². The maximum absolute atomic E-state index is 11.2. The van der Waals surface area contributed by atoms with Gasteiger partial charge in [0.25, 0.3) is 0 Å². The fourth-order valence-corrected chi connectivity index (χ4v) is 1.24. The number of ether oxygens (including phenoxy) is 1. The van der Waals surface area contributed by atoms with Gasteiger partial charge in [0, 0.05) is 11.3 Å². The molecule has 0 aromatic carbocycles. The third-order valence-electron chi connectivity index (χ3n) is 2.04. The van der Waals surface area contributed by atoms with Crippen LogP contribution in [0.3, 0.4) is 0 Å². The molecular weight excluding hydrogens is 202 g/mol. The molecule has 1 heterocycles. The van der Waals surface area contributed by atoms with Crippen molar-refractivity contribution in [2.75, 3.05) is 6.61 Å². The molecule has 6 nitrogen and oxygen atoms in total. The van der Waals surface area contributed by atoms with Crippen LogP contribution in [-0.2, 0) is 19.2 Å². The van der Waals surface area contributed by atoms with Crippen molar-refractivity contribution in [3.63, 3.8) is 0 Å². The minimum atomic E-state index is -0.841. The average molecular weight is 215 g/mol. The summed E-state index contributed by atoms with van der Waals surface area (Å²) < 4.78 is 4.65. The molecule has 0 fully saturated rings. The van der Waals surface area contributed by atoms with Gasteiger partial charge in [-0.25, -0.2) is 4.79 Å². The second-order valence-electron chi connectivity index (χ2n) is 3.04. The Morgan fingerprint density at radius 1 is 1.60 bits per heavy atom. The largest absolute Gasteiger partial charge is 0.458 e. The summed E-state index contributed by atoms with van der Waals surface area (Å²) in [5.41, 5.74) is -0.149. The molecular formula is C9H13NO5. The van der Waals surface area contributed by atoms with E-state index in [9.17, 15) is 14.8 Å². The second kappa shape index (κ2) is 4.77. The molecule has 6 heteroatoms. The molecule has 0 N–H and O–H groups in total. The van der Waals surface area contributed by atoms with Crippen LogP contribution in [0.1, 0.15) is 26.7 Å². The highest BCUT2D eigenvalue weighted by Gasteiger charge is 2.37. The first-order valence-electron chi connectivity index (χ1n) is 4.79. The Hall–Kier alpha value is -1.59.